The number of aromatic nitrogens is 2. The number of anilines is 3. The van der Waals surface area contributed by atoms with Gasteiger partial charge in [0.1, 0.15) is 11.6 Å². The van der Waals surface area contributed by atoms with Crippen LogP contribution < -0.4 is 21.1 Å². The van der Waals surface area contributed by atoms with E-state index in [1.165, 1.54) is 23.9 Å². The highest BCUT2D eigenvalue weighted by atomic mass is 16.5. The molecule has 0 bridgehead atoms. The lowest BCUT2D eigenvalue weighted by molar-refractivity contribution is 0.262. The number of carbonyl (C=O) groups is 1. The van der Waals surface area contributed by atoms with Crippen molar-refractivity contribution in [3.8, 4) is 5.75 Å². The molecule has 4 N–H and O–H groups in total. The van der Waals surface area contributed by atoms with E-state index in [1.807, 2.05) is 6.07 Å². The normalized spacial score (nSPS) is 12.2. The van der Waals surface area contributed by atoms with E-state index in [9.17, 15) is 4.79 Å². The van der Waals surface area contributed by atoms with E-state index in [2.05, 4.69) is 15.6 Å². The molecule has 7 nitrogen and oxygen atoms in total. The summed E-state index contributed by atoms with van der Waals surface area (Å²) in [5.74, 6) is 0.792. The van der Waals surface area contributed by atoms with Crippen LogP contribution in [0.2, 0.25) is 0 Å². The van der Waals surface area contributed by atoms with Crippen LogP contribution in [0, 0.1) is 0 Å². The van der Waals surface area contributed by atoms with Gasteiger partial charge in [0.15, 0.2) is 0 Å². The third-order valence-corrected chi connectivity index (χ3v) is 4.37. The number of pyridine rings is 1. The summed E-state index contributed by atoms with van der Waals surface area (Å²) in [4.78, 5) is 16.5. The van der Waals surface area contributed by atoms with Gasteiger partial charge >= 0.3 is 6.03 Å². The van der Waals surface area contributed by atoms with Gasteiger partial charge in [0.2, 0.25) is 0 Å². The SMILES string of the molecule is [2H]C([2H])(c1ccnc(N)c1)n1ccc2c(NC(=O)Nc3ccccc3OC)cccc21. The average molecular weight is 389 g/mol. The first-order chi connectivity index (χ1) is 14.9. The van der Waals surface area contributed by atoms with Crippen LogP contribution in [0.5, 0.6) is 5.75 Å². The number of nitrogens with two attached hydrogens (primary N) is 1. The third kappa shape index (κ3) is 3.98. The van der Waals surface area contributed by atoms with Gasteiger partial charge in [-0.05, 0) is 48.0 Å². The molecule has 0 radical (unpaired) electrons. The smallest absolute Gasteiger partial charge is 0.323 e. The Hall–Kier alpha value is -4.00. The Bertz CT molecular complexity index is 1260. The monoisotopic (exact) mass is 389 g/mol. The van der Waals surface area contributed by atoms with Gasteiger partial charge in [-0.2, -0.15) is 0 Å². The number of fused-ring (bicyclic) bond motifs is 1. The van der Waals surface area contributed by atoms with Crippen molar-refractivity contribution in [2.24, 2.45) is 0 Å². The summed E-state index contributed by atoms with van der Waals surface area (Å²) < 4.78 is 24.0. The van der Waals surface area contributed by atoms with E-state index in [0.29, 0.717) is 33.6 Å². The summed E-state index contributed by atoms with van der Waals surface area (Å²) in [7, 11) is 1.53. The number of para-hydroxylation sites is 2. The number of hydrogen-bond donors (Lipinski definition) is 3. The van der Waals surface area contributed by atoms with Gasteiger partial charge in [-0.3, -0.25) is 0 Å². The van der Waals surface area contributed by atoms with Gasteiger partial charge in [-0.1, -0.05) is 18.2 Å². The molecule has 0 aliphatic heterocycles. The molecule has 4 rings (SSSR count). The lowest BCUT2D eigenvalue weighted by atomic mass is 10.2. The molecule has 0 fully saturated rings. The second kappa shape index (κ2) is 7.93. The number of urea groups is 1. The van der Waals surface area contributed by atoms with Crippen molar-refractivity contribution in [1.82, 2.24) is 9.55 Å². The fourth-order valence-electron chi connectivity index (χ4n) is 3.05. The number of nitrogens with one attached hydrogen (secondary N) is 2. The van der Waals surface area contributed by atoms with Gasteiger partial charge in [0, 0.05) is 24.3 Å². The Morgan fingerprint density at radius 3 is 2.76 bits per heavy atom. The van der Waals surface area contributed by atoms with Crippen molar-refractivity contribution >= 4 is 34.1 Å². The van der Waals surface area contributed by atoms with Crippen LogP contribution in [0.3, 0.4) is 0 Å². The molecule has 2 heterocycles. The summed E-state index contributed by atoms with van der Waals surface area (Å²) >= 11 is 0. The predicted octanol–water partition coefficient (Wildman–Crippen LogP) is 4.32. The molecule has 0 aliphatic carbocycles. The molecule has 7 heteroatoms. The Balaban J connectivity index is 1.64. The largest absolute Gasteiger partial charge is 0.495 e. The Kier molecular flexibility index (Phi) is 4.38. The molecule has 0 unspecified atom stereocenters. The number of hydrogen-bond acceptors (Lipinski definition) is 4. The van der Waals surface area contributed by atoms with E-state index in [4.69, 9.17) is 13.2 Å². The fraction of sp³-hybridized carbons (Fsp3) is 0.0909. The quantitative estimate of drug-likeness (QED) is 0.474. The highest BCUT2D eigenvalue weighted by Gasteiger charge is 2.11. The number of nitrogen functional groups attached to an aromatic ring is 1. The topological polar surface area (TPSA) is 94.2 Å². The van der Waals surface area contributed by atoms with Crippen molar-refractivity contribution in [2.75, 3.05) is 23.5 Å². The van der Waals surface area contributed by atoms with Gasteiger partial charge in [0.05, 0.1) is 26.7 Å². The Morgan fingerprint density at radius 2 is 1.93 bits per heavy atom. The number of ether oxygens (including phenoxy) is 1. The minimum Gasteiger partial charge on any atom is -0.495 e. The second-order valence-electron chi connectivity index (χ2n) is 6.28. The molecular weight excluding hydrogens is 366 g/mol. The van der Waals surface area contributed by atoms with E-state index < -0.39 is 12.5 Å². The summed E-state index contributed by atoms with van der Waals surface area (Å²) in [6, 6.07) is 16.8. The second-order valence-corrected chi connectivity index (χ2v) is 6.28. The number of carbonyl (C=O) groups excluding carboxylic acids is 1. The maximum atomic E-state index is 12.6. The highest BCUT2D eigenvalue weighted by Crippen LogP contribution is 2.27. The van der Waals surface area contributed by atoms with Crippen LogP contribution in [0.4, 0.5) is 22.0 Å². The fourth-order valence-corrected chi connectivity index (χ4v) is 3.05. The minimum atomic E-state index is -1.86. The Labute approximate surface area is 170 Å². The zero-order valence-corrected chi connectivity index (χ0v) is 15.7. The summed E-state index contributed by atoms with van der Waals surface area (Å²) in [6.45, 7) is -1.86. The molecule has 4 aromatic rings. The van der Waals surface area contributed by atoms with Crippen molar-refractivity contribution < 1.29 is 12.3 Å². The van der Waals surface area contributed by atoms with Crippen LogP contribution in [0.1, 0.15) is 8.30 Å². The molecule has 0 saturated carbocycles. The summed E-state index contributed by atoms with van der Waals surface area (Å²) in [6.07, 6.45) is 3.12. The lowest BCUT2D eigenvalue weighted by Crippen LogP contribution is -2.19. The van der Waals surface area contributed by atoms with E-state index in [1.54, 1.807) is 54.7 Å². The molecule has 2 aromatic heterocycles. The number of rotatable bonds is 5. The summed E-state index contributed by atoms with van der Waals surface area (Å²) in [5, 5.41) is 6.29. The predicted molar refractivity (Wildman–Crippen MR) is 115 cm³/mol. The zero-order valence-electron chi connectivity index (χ0n) is 17.7. The van der Waals surface area contributed by atoms with E-state index in [-0.39, 0.29) is 5.82 Å². The first-order valence-corrected chi connectivity index (χ1v) is 8.94. The first kappa shape index (κ1) is 16.0. The van der Waals surface area contributed by atoms with E-state index in [0.717, 1.165) is 0 Å². The zero-order chi connectivity index (χ0) is 22.0. The van der Waals surface area contributed by atoms with Crippen molar-refractivity contribution in [3.63, 3.8) is 0 Å². The van der Waals surface area contributed by atoms with Gasteiger partial charge in [-0.25, -0.2) is 9.78 Å². The molecule has 0 spiro atoms. The maximum Gasteiger partial charge on any atom is 0.323 e. The van der Waals surface area contributed by atoms with Crippen molar-refractivity contribution in [2.45, 2.75) is 6.50 Å². The number of benzene rings is 2. The summed E-state index contributed by atoms with van der Waals surface area (Å²) in [5.41, 5.74) is 7.82. The van der Waals surface area contributed by atoms with Crippen LogP contribution in [0.15, 0.2) is 73.1 Å². The van der Waals surface area contributed by atoms with Crippen molar-refractivity contribution in [3.05, 3.63) is 78.6 Å². The molecule has 146 valence electrons. The highest BCUT2D eigenvalue weighted by molar-refractivity contribution is 6.06. The van der Waals surface area contributed by atoms with Crippen LogP contribution in [-0.2, 0) is 6.50 Å². The molecule has 2 amide bonds. The van der Waals surface area contributed by atoms with Crippen LogP contribution in [0.25, 0.3) is 10.9 Å². The first-order valence-electron chi connectivity index (χ1n) is 9.94. The van der Waals surface area contributed by atoms with Gasteiger partial charge < -0.3 is 25.7 Å². The molecule has 0 aliphatic rings. The lowest BCUT2D eigenvalue weighted by Gasteiger charge is -2.12. The molecule has 0 saturated heterocycles. The number of amides is 2. The van der Waals surface area contributed by atoms with Gasteiger partial charge in [0.25, 0.3) is 0 Å². The number of methoxy groups -OCH3 is 1. The molecule has 29 heavy (non-hydrogen) atoms. The third-order valence-electron chi connectivity index (χ3n) is 4.37. The van der Waals surface area contributed by atoms with Crippen LogP contribution in [-0.4, -0.2) is 22.7 Å². The average Bonchev–Trinajstić information content (AvgIpc) is 3.20. The molecule has 2 aromatic carbocycles. The van der Waals surface area contributed by atoms with E-state index >= 15 is 0 Å². The molecule has 0 atom stereocenters. The minimum absolute atomic E-state index is 0.244. The van der Waals surface area contributed by atoms with Gasteiger partial charge in [-0.15, -0.1) is 0 Å². The van der Waals surface area contributed by atoms with Crippen LogP contribution >= 0.6 is 0 Å². The standard InChI is InChI=1S/C22H21N5O2/c1-29-20-8-3-2-5-18(20)26-22(28)25-17-6-4-7-19-16(17)10-12-27(19)14-15-9-11-24-21(23)13-15/h2-13H,14H2,1H3,(H2,23,24)(H2,25,26,28)/i14D2. The van der Waals surface area contributed by atoms with Crippen molar-refractivity contribution in [1.29, 1.82) is 0 Å². The molecular formula is C22H21N5O2. The Morgan fingerprint density at radius 1 is 1.14 bits per heavy atom. The number of nitrogens with zero attached hydrogens (tertiary/aromatic N) is 2. The maximum absolute atomic E-state index is 12.6.